The van der Waals surface area contributed by atoms with Gasteiger partial charge in [-0.2, -0.15) is 0 Å². The van der Waals surface area contributed by atoms with E-state index in [4.69, 9.17) is 5.73 Å². The number of amides is 2. The van der Waals surface area contributed by atoms with Gasteiger partial charge in [-0.3, -0.25) is 14.3 Å². The van der Waals surface area contributed by atoms with Crippen LogP contribution in [0.1, 0.15) is 23.8 Å². The summed E-state index contributed by atoms with van der Waals surface area (Å²) in [5.74, 6) is -0.232. The number of nitrogens with one attached hydrogen (secondary N) is 1. The van der Waals surface area contributed by atoms with Crippen LogP contribution in [0.25, 0.3) is 0 Å². The fourth-order valence-electron chi connectivity index (χ4n) is 2.15. The molecule has 2 rings (SSSR count). The zero-order valence-electron chi connectivity index (χ0n) is 10.9. The lowest BCUT2D eigenvalue weighted by Crippen LogP contribution is -2.37. The summed E-state index contributed by atoms with van der Waals surface area (Å²) < 4.78 is 1.55. The molecular formula is C11H18N6O2. The van der Waals surface area contributed by atoms with E-state index in [9.17, 15) is 9.59 Å². The van der Waals surface area contributed by atoms with E-state index in [1.54, 1.807) is 15.8 Å². The predicted octanol–water partition coefficient (Wildman–Crippen LogP) is -1.41. The van der Waals surface area contributed by atoms with Crippen molar-refractivity contribution >= 4 is 11.8 Å². The number of carbonyl (C=O) groups excluding carboxylic acids is 2. The molecule has 1 fully saturated rings. The number of carbonyl (C=O) groups is 2. The topological polar surface area (TPSA) is 106 Å². The van der Waals surface area contributed by atoms with Crippen molar-refractivity contribution in [1.82, 2.24) is 25.2 Å². The van der Waals surface area contributed by atoms with Crippen molar-refractivity contribution in [2.75, 3.05) is 19.6 Å². The molecule has 1 aliphatic heterocycles. The number of hydrogen-bond donors (Lipinski definition) is 2. The maximum absolute atomic E-state index is 12.2. The first-order valence-corrected chi connectivity index (χ1v) is 6.26. The molecule has 0 bridgehead atoms. The average molecular weight is 266 g/mol. The number of likely N-dealkylation sites (tertiary alicyclic amines) is 1. The summed E-state index contributed by atoms with van der Waals surface area (Å²) in [5.41, 5.74) is 5.73. The third-order valence-corrected chi connectivity index (χ3v) is 3.00. The van der Waals surface area contributed by atoms with Gasteiger partial charge in [0.2, 0.25) is 5.91 Å². The molecule has 3 N–H and O–H groups in total. The first kappa shape index (κ1) is 13.5. The van der Waals surface area contributed by atoms with Crippen molar-refractivity contribution < 1.29 is 9.59 Å². The molecule has 19 heavy (non-hydrogen) atoms. The van der Waals surface area contributed by atoms with Crippen molar-refractivity contribution in [3.8, 4) is 0 Å². The van der Waals surface area contributed by atoms with Gasteiger partial charge in [0.05, 0.1) is 12.7 Å². The molecule has 0 saturated carbocycles. The second-order valence-electron chi connectivity index (χ2n) is 4.59. The first-order chi connectivity index (χ1) is 9.10. The molecule has 0 aliphatic carbocycles. The van der Waals surface area contributed by atoms with Crippen LogP contribution in [-0.4, -0.2) is 57.4 Å². The van der Waals surface area contributed by atoms with E-state index < -0.39 is 0 Å². The maximum Gasteiger partial charge on any atom is 0.276 e. The Morgan fingerprint density at radius 1 is 1.58 bits per heavy atom. The van der Waals surface area contributed by atoms with Gasteiger partial charge in [0.1, 0.15) is 0 Å². The molecule has 0 aromatic carbocycles. The van der Waals surface area contributed by atoms with Gasteiger partial charge in [-0.15, -0.1) is 5.10 Å². The molecule has 1 aromatic rings. The first-order valence-electron chi connectivity index (χ1n) is 6.26. The lowest BCUT2D eigenvalue weighted by Gasteiger charge is -2.15. The Bertz CT molecular complexity index is 472. The van der Waals surface area contributed by atoms with Crippen LogP contribution >= 0.6 is 0 Å². The van der Waals surface area contributed by atoms with Gasteiger partial charge in [-0.05, 0) is 6.42 Å². The Morgan fingerprint density at radius 3 is 3.05 bits per heavy atom. The SMILES string of the molecule is CC(=O)NC1CCN(C(=O)c2cn(CCN)nn2)C1. The molecule has 2 amide bonds. The molecule has 1 saturated heterocycles. The normalized spacial score (nSPS) is 18.6. The van der Waals surface area contributed by atoms with Gasteiger partial charge in [0.15, 0.2) is 5.69 Å². The summed E-state index contributed by atoms with van der Waals surface area (Å²) in [4.78, 5) is 24.8. The number of nitrogens with two attached hydrogens (primary N) is 1. The minimum absolute atomic E-state index is 0.0283. The monoisotopic (exact) mass is 266 g/mol. The highest BCUT2D eigenvalue weighted by molar-refractivity contribution is 5.92. The largest absolute Gasteiger partial charge is 0.352 e. The highest BCUT2D eigenvalue weighted by Gasteiger charge is 2.28. The van der Waals surface area contributed by atoms with E-state index >= 15 is 0 Å². The molecule has 1 aromatic heterocycles. The predicted molar refractivity (Wildman–Crippen MR) is 67.2 cm³/mol. The second-order valence-corrected chi connectivity index (χ2v) is 4.59. The van der Waals surface area contributed by atoms with Crippen molar-refractivity contribution in [3.63, 3.8) is 0 Å². The van der Waals surface area contributed by atoms with Crippen molar-refractivity contribution in [1.29, 1.82) is 0 Å². The summed E-state index contributed by atoms with van der Waals surface area (Å²) >= 11 is 0. The quantitative estimate of drug-likeness (QED) is 0.696. The third-order valence-electron chi connectivity index (χ3n) is 3.00. The van der Waals surface area contributed by atoms with Crippen LogP contribution in [-0.2, 0) is 11.3 Å². The zero-order chi connectivity index (χ0) is 13.8. The molecule has 104 valence electrons. The van der Waals surface area contributed by atoms with E-state index in [0.717, 1.165) is 6.42 Å². The van der Waals surface area contributed by atoms with Crippen molar-refractivity contribution in [2.45, 2.75) is 25.9 Å². The molecule has 1 unspecified atom stereocenters. The van der Waals surface area contributed by atoms with Crippen LogP contribution in [0.2, 0.25) is 0 Å². The summed E-state index contributed by atoms with van der Waals surface area (Å²) in [7, 11) is 0. The van der Waals surface area contributed by atoms with Gasteiger partial charge >= 0.3 is 0 Å². The van der Waals surface area contributed by atoms with Gasteiger partial charge in [-0.25, -0.2) is 0 Å². The standard InChI is InChI=1S/C11H18N6O2/c1-8(18)13-9-2-4-16(6-9)11(19)10-7-17(5-3-12)15-14-10/h7,9H,2-6,12H2,1H3,(H,13,18). The molecule has 0 radical (unpaired) electrons. The molecule has 8 heteroatoms. The molecule has 1 atom stereocenters. The second kappa shape index (κ2) is 5.79. The van der Waals surface area contributed by atoms with Crippen LogP contribution in [0, 0.1) is 0 Å². The number of nitrogens with zero attached hydrogens (tertiary/aromatic N) is 4. The summed E-state index contributed by atoms with van der Waals surface area (Å²) in [5, 5.41) is 10.5. The summed E-state index contributed by atoms with van der Waals surface area (Å²) in [6.07, 6.45) is 2.36. The lowest BCUT2D eigenvalue weighted by atomic mass is 10.2. The van der Waals surface area contributed by atoms with Crippen LogP contribution in [0.4, 0.5) is 0 Å². The van der Waals surface area contributed by atoms with Crippen LogP contribution in [0.5, 0.6) is 0 Å². The third kappa shape index (κ3) is 3.28. The number of hydrogen-bond acceptors (Lipinski definition) is 5. The summed E-state index contributed by atoms with van der Waals surface area (Å²) in [6, 6.07) is 0.0283. The van der Waals surface area contributed by atoms with Crippen molar-refractivity contribution in [3.05, 3.63) is 11.9 Å². The zero-order valence-corrected chi connectivity index (χ0v) is 10.9. The minimum Gasteiger partial charge on any atom is -0.352 e. The number of rotatable bonds is 4. The van der Waals surface area contributed by atoms with Crippen LogP contribution in [0.15, 0.2) is 6.20 Å². The molecular weight excluding hydrogens is 248 g/mol. The van der Waals surface area contributed by atoms with E-state index in [2.05, 4.69) is 15.6 Å². The van der Waals surface area contributed by atoms with E-state index in [0.29, 0.717) is 31.9 Å². The Hall–Kier alpha value is -1.96. The molecule has 0 spiro atoms. The van der Waals surface area contributed by atoms with E-state index in [1.807, 2.05) is 0 Å². The van der Waals surface area contributed by atoms with Crippen LogP contribution in [0.3, 0.4) is 0 Å². The smallest absolute Gasteiger partial charge is 0.276 e. The Labute approximate surface area is 110 Å². The highest BCUT2D eigenvalue weighted by Crippen LogP contribution is 2.12. The Kier molecular flexibility index (Phi) is 4.10. The molecule has 1 aliphatic rings. The maximum atomic E-state index is 12.2. The average Bonchev–Trinajstić information content (AvgIpc) is 2.97. The molecule has 8 nitrogen and oxygen atoms in total. The fourth-order valence-corrected chi connectivity index (χ4v) is 2.15. The van der Waals surface area contributed by atoms with Crippen molar-refractivity contribution in [2.24, 2.45) is 5.73 Å². The van der Waals surface area contributed by atoms with Gasteiger partial charge < -0.3 is 16.0 Å². The van der Waals surface area contributed by atoms with E-state index in [1.165, 1.54) is 6.92 Å². The Balaban J connectivity index is 1.94. The number of aromatic nitrogens is 3. The van der Waals surface area contributed by atoms with E-state index in [-0.39, 0.29) is 17.9 Å². The lowest BCUT2D eigenvalue weighted by molar-refractivity contribution is -0.119. The van der Waals surface area contributed by atoms with Gasteiger partial charge in [0, 0.05) is 32.6 Å². The van der Waals surface area contributed by atoms with Crippen LogP contribution < -0.4 is 11.1 Å². The van der Waals surface area contributed by atoms with Gasteiger partial charge in [-0.1, -0.05) is 5.21 Å². The Morgan fingerprint density at radius 2 is 2.37 bits per heavy atom. The molecule has 2 heterocycles. The fraction of sp³-hybridized carbons (Fsp3) is 0.636. The summed E-state index contributed by atoms with van der Waals surface area (Å²) in [6.45, 7) is 3.60. The van der Waals surface area contributed by atoms with Gasteiger partial charge in [0.25, 0.3) is 5.91 Å². The minimum atomic E-state index is -0.156. The highest BCUT2D eigenvalue weighted by atomic mass is 16.2.